The van der Waals surface area contributed by atoms with Crippen LogP contribution in [-0.2, 0) is 0 Å². The van der Waals surface area contributed by atoms with E-state index in [2.05, 4.69) is 0 Å². The van der Waals surface area contributed by atoms with Gasteiger partial charge in [-0.2, -0.15) is 0 Å². The molecule has 120 valence electrons. The molecule has 2 aromatic rings. The molecule has 2 unspecified atom stereocenters. The van der Waals surface area contributed by atoms with Gasteiger partial charge in [0.1, 0.15) is 17.8 Å². The quantitative estimate of drug-likeness (QED) is 0.905. The highest BCUT2D eigenvalue weighted by atomic mass is 16.5. The van der Waals surface area contributed by atoms with Crippen LogP contribution in [0.1, 0.15) is 19.1 Å². The number of hydrogen-bond donors (Lipinski definition) is 2. The number of aliphatic hydroxyl groups excluding tert-OH is 2. The molecule has 0 saturated carbocycles. The fraction of sp³-hybridized carbons (Fsp3) is 0.278. The molecule has 0 radical (unpaired) electrons. The normalized spacial score (nSPS) is 20.6. The molecule has 1 aromatic heterocycles. The SMILES string of the molecule is CCCOc1c(C2=CC(O)C(O)C=C2)oc2ccccc2c1=O. The standard InChI is InChI=1S/C18H18O5/c1-2-9-22-18-16(21)12-5-3-4-6-15(12)23-17(18)11-7-8-13(19)14(20)10-11/h3-8,10,13-14,19-20H,2,9H2,1H3. The molecule has 5 nitrogen and oxygen atoms in total. The van der Waals surface area contributed by atoms with Crippen molar-refractivity contribution < 1.29 is 19.4 Å². The summed E-state index contributed by atoms with van der Waals surface area (Å²) in [6, 6.07) is 6.95. The minimum atomic E-state index is -1.05. The van der Waals surface area contributed by atoms with Crippen LogP contribution in [0.4, 0.5) is 0 Å². The smallest absolute Gasteiger partial charge is 0.235 e. The zero-order valence-corrected chi connectivity index (χ0v) is 12.7. The van der Waals surface area contributed by atoms with Crippen molar-refractivity contribution in [2.24, 2.45) is 0 Å². The Kier molecular flexibility index (Phi) is 4.32. The first-order valence-corrected chi connectivity index (χ1v) is 7.57. The lowest BCUT2D eigenvalue weighted by molar-refractivity contribution is 0.0798. The number of hydrogen-bond acceptors (Lipinski definition) is 5. The average Bonchev–Trinajstić information content (AvgIpc) is 2.56. The molecule has 2 N–H and O–H groups in total. The number of ether oxygens (including phenoxy) is 1. The molecule has 2 atom stereocenters. The monoisotopic (exact) mass is 314 g/mol. The van der Waals surface area contributed by atoms with Gasteiger partial charge in [0.2, 0.25) is 11.2 Å². The van der Waals surface area contributed by atoms with Crippen LogP contribution in [0.3, 0.4) is 0 Å². The van der Waals surface area contributed by atoms with Gasteiger partial charge in [0, 0.05) is 5.57 Å². The first-order valence-electron chi connectivity index (χ1n) is 7.57. The Hall–Kier alpha value is -2.37. The molecule has 0 fully saturated rings. The van der Waals surface area contributed by atoms with E-state index in [-0.39, 0.29) is 16.9 Å². The van der Waals surface area contributed by atoms with Crippen molar-refractivity contribution in [2.75, 3.05) is 6.61 Å². The van der Waals surface area contributed by atoms with Gasteiger partial charge in [0.25, 0.3) is 0 Å². The van der Waals surface area contributed by atoms with Crippen LogP contribution in [0.2, 0.25) is 0 Å². The minimum absolute atomic E-state index is 0.130. The third-order valence-electron chi connectivity index (χ3n) is 3.64. The highest BCUT2D eigenvalue weighted by Gasteiger charge is 2.23. The number of benzene rings is 1. The number of allylic oxidation sites excluding steroid dienone is 2. The Labute approximate surface area is 133 Å². The van der Waals surface area contributed by atoms with Crippen LogP contribution < -0.4 is 10.2 Å². The molecule has 0 aliphatic heterocycles. The fourth-order valence-electron chi connectivity index (χ4n) is 2.46. The maximum atomic E-state index is 12.7. The zero-order valence-electron chi connectivity index (χ0n) is 12.7. The molecule has 5 heteroatoms. The molecule has 0 spiro atoms. The van der Waals surface area contributed by atoms with Crippen molar-refractivity contribution in [2.45, 2.75) is 25.6 Å². The van der Waals surface area contributed by atoms with Gasteiger partial charge in [-0.1, -0.05) is 31.2 Å². The van der Waals surface area contributed by atoms with Crippen molar-refractivity contribution in [3.8, 4) is 5.75 Å². The van der Waals surface area contributed by atoms with Crippen molar-refractivity contribution in [1.29, 1.82) is 0 Å². The van der Waals surface area contributed by atoms with Crippen LogP contribution in [0.15, 0.2) is 51.7 Å². The Morgan fingerprint density at radius 3 is 2.74 bits per heavy atom. The van der Waals surface area contributed by atoms with Crippen molar-refractivity contribution in [3.63, 3.8) is 0 Å². The number of aliphatic hydroxyl groups is 2. The predicted molar refractivity (Wildman–Crippen MR) is 87.4 cm³/mol. The van der Waals surface area contributed by atoms with Gasteiger partial charge in [-0.25, -0.2) is 0 Å². The van der Waals surface area contributed by atoms with Crippen molar-refractivity contribution in [1.82, 2.24) is 0 Å². The molecular formula is C18H18O5. The molecular weight excluding hydrogens is 296 g/mol. The summed E-state index contributed by atoms with van der Waals surface area (Å²) in [6.07, 6.45) is 3.26. The largest absolute Gasteiger partial charge is 0.486 e. The Balaban J connectivity index is 2.20. The summed E-state index contributed by atoms with van der Waals surface area (Å²) in [5.74, 6) is 0.398. The second-order valence-electron chi connectivity index (χ2n) is 5.40. The van der Waals surface area contributed by atoms with Gasteiger partial charge < -0.3 is 19.4 Å². The molecule has 0 bridgehead atoms. The molecule has 0 saturated heterocycles. The molecule has 0 amide bonds. The Morgan fingerprint density at radius 2 is 2.00 bits per heavy atom. The second kappa shape index (κ2) is 6.40. The summed E-state index contributed by atoms with van der Waals surface area (Å²) in [4.78, 5) is 12.7. The first kappa shape index (κ1) is 15.5. The van der Waals surface area contributed by atoms with Crippen LogP contribution >= 0.6 is 0 Å². The number of para-hydroxylation sites is 1. The number of rotatable bonds is 4. The Morgan fingerprint density at radius 1 is 1.22 bits per heavy atom. The minimum Gasteiger partial charge on any atom is -0.486 e. The lowest BCUT2D eigenvalue weighted by atomic mass is 9.99. The molecule has 1 heterocycles. The van der Waals surface area contributed by atoms with Gasteiger partial charge in [-0.05, 0) is 24.6 Å². The third kappa shape index (κ3) is 2.93. The van der Waals surface area contributed by atoms with Gasteiger partial charge in [0.05, 0.1) is 12.0 Å². The zero-order chi connectivity index (χ0) is 16.4. The average molecular weight is 314 g/mol. The van der Waals surface area contributed by atoms with Crippen molar-refractivity contribution in [3.05, 3.63) is 58.5 Å². The van der Waals surface area contributed by atoms with E-state index in [0.717, 1.165) is 6.42 Å². The molecule has 1 aromatic carbocycles. The van der Waals surface area contributed by atoms with Crippen LogP contribution in [-0.4, -0.2) is 29.0 Å². The maximum absolute atomic E-state index is 12.7. The van der Waals surface area contributed by atoms with E-state index in [1.54, 1.807) is 30.3 Å². The van der Waals surface area contributed by atoms with Crippen LogP contribution in [0.25, 0.3) is 16.5 Å². The van der Waals surface area contributed by atoms with E-state index in [4.69, 9.17) is 9.15 Å². The summed E-state index contributed by atoms with van der Waals surface area (Å²) >= 11 is 0. The van der Waals surface area contributed by atoms with Crippen LogP contribution in [0, 0.1) is 0 Å². The van der Waals surface area contributed by atoms with Gasteiger partial charge >= 0.3 is 0 Å². The Bertz CT molecular complexity index is 831. The van der Waals surface area contributed by atoms with E-state index in [9.17, 15) is 15.0 Å². The summed E-state index contributed by atoms with van der Waals surface area (Å²) in [5, 5.41) is 19.8. The molecule has 3 rings (SSSR count). The lowest BCUT2D eigenvalue weighted by Crippen LogP contribution is -2.24. The van der Waals surface area contributed by atoms with Crippen LogP contribution in [0.5, 0.6) is 5.75 Å². The second-order valence-corrected chi connectivity index (χ2v) is 5.40. The van der Waals surface area contributed by atoms with E-state index < -0.39 is 12.2 Å². The van der Waals surface area contributed by atoms with Gasteiger partial charge in [0.15, 0.2) is 5.76 Å². The maximum Gasteiger partial charge on any atom is 0.235 e. The summed E-state index contributed by atoms with van der Waals surface area (Å²) in [7, 11) is 0. The van der Waals surface area contributed by atoms with E-state index in [0.29, 0.717) is 23.1 Å². The third-order valence-corrected chi connectivity index (χ3v) is 3.64. The predicted octanol–water partition coefficient (Wildman–Crippen LogP) is 2.26. The van der Waals surface area contributed by atoms with Crippen molar-refractivity contribution >= 4 is 16.5 Å². The fourth-order valence-corrected chi connectivity index (χ4v) is 2.46. The van der Waals surface area contributed by atoms with E-state index >= 15 is 0 Å². The van der Waals surface area contributed by atoms with Gasteiger partial charge in [-0.15, -0.1) is 0 Å². The summed E-state index contributed by atoms with van der Waals surface area (Å²) in [6.45, 7) is 2.33. The van der Waals surface area contributed by atoms with E-state index in [1.807, 2.05) is 6.92 Å². The lowest BCUT2D eigenvalue weighted by Gasteiger charge is -2.18. The summed E-state index contributed by atoms with van der Waals surface area (Å²) in [5.41, 5.74) is 0.716. The highest BCUT2D eigenvalue weighted by molar-refractivity contribution is 5.83. The molecule has 1 aliphatic rings. The van der Waals surface area contributed by atoms with E-state index in [1.165, 1.54) is 12.2 Å². The topological polar surface area (TPSA) is 79.9 Å². The first-order chi connectivity index (χ1) is 11.1. The van der Waals surface area contributed by atoms with Gasteiger partial charge in [-0.3, -0.25) is 4.79 Å². The molecule has 1 aliphatic carbocycles. The highest BCUT2D eigenvalue weighted by Crippen LogP contribution is 2.30. The summed E-state index contributed by atoms with van der Waals surface area (Å²) < 4.78 is 11.5. The number of fused-ring (bicyclic) bond motifs is 1. The molecule has 23 heavy (non-hydrogen) atoms.